The lowest BCUT2D eigenvalue weighted by Gasteiger charge is -2.05. The van der Waals surface area contributed by atoms with E-state index in [1.807, 2.05) is 0 Å². The van der Waals surface area contributed by atoms with Crippen molar-refractivity contribution < 1.29 is 8.78 Å². The Bertz CT molecular complexity index is 469. The molecule has 0 fully saturated rings. The summed E-state index contributed by atoms with van der Waals surface area (Å²) in [6.45, 7) is 0.483. The molecule has 0 amide bonds. The third-order valence-electron chi connectivity index (χ3n) is 2.10. The number of benzene rings is 1. The van der Waals surface area contributed by atoms with Crippen LogP contribution in [0, 0.1) is 11.8 Å². The number of halogens is 2. The van der Waals surface area contributed by atoms with Gasteiger partial charge in [0.15, 0.2) is 0 Å². The Balaban J connectivity index is 1.99. The van der Waals surface area contributed by atoms with Gasteiger partial charge in [-0.05, 0) is 29.8 Å². The summed E-state index contributed by atoms with van der Waals surface area (Å²) in [6, 6.07) is 10.6. The topological polar surface area (TPSA) is 24.9 Å². The van der Waals surface area contributed by atoms with Gasteiger partial charge in [0.25, 0.3) is 0 Å². The monoisotopic (exact) mass is 220 g/mol. The van der Waals surface area contributed by atoms with Crippen LogP contribution in [0.1, 0.15) is 5.56 Å². The van der Waals surface area contributed by atoms with E-state index in [4.69, 9.17) is 0 Å². The second kappa shape index (κ2) is 4.70. The summed E-state index contributed by atoms with van der Waals surface area (Å²) >= 11 is 0. The highest BCUT2D eigenvalue weighted by molar-refractivity contribution is 5.35. The first-order chi connectivity index (χ1) is 7.74. The van der Waals surface area contributed by atoms with Crippen LogP contribution in [0.15, 0.2) is 42.5 Å². The van der Waals surface area contributed by atoms with Crippen molar-refractivity contribution in [1.29, 1.82) is 0 Å². The van der Waals surface area contributed by atoms with Crippen LogP contribution in [0.5, 0.6) is 0 Å². The van der Waals surface area contributed by atoms with E-state index in [9.17, 15) is 8.78 Å². The highest BCUT2D eigenvalue weighted by Gasteiger charge is 1.97. The number of nitrogens with zero attached hydrogens (tertiary/aromatic N) is 1. The van der Waals surface area contributed by atoms with Gasteiger partial charge in [-0.3, -0.25) is 0 Å². The molecule has 1 N–H and O–H groups in total. The highest BCUT2D eigenvalue weighted by Crippen LogP contribution is 2.07. The molecule has 0 saturated heterocycles. The molecule has 2 nitrogen and oxygen atoms in total. The van der Waals surface area contributed by atoms with E-state index in [1.54, 1.807) is 24.3 Å². The molecule has 1 heterocycles. The van der Waals surface area contributed by atoms with E-state index in [-0.39, 0.29) is 5.82 Å². The Morgan fingerprint density at radius 2 is 1.75 bits per heavy atom. The van der Waals surface area contributed by atoms with E-state index in [0.717, 1.165) is 5.56 Å². The zero-order valence-electron chi connectivity index (χ0n) is 8.45. The first-order valence-corrected chi connectivity index (χ1v) is 4.85. The second-order valence-electron chi connectivity index (χ2n) is 3.33. The zero-order valence-corrected chi connectivity index (χ0v) is 8.45. The normalized spacial score (nSPS) is 10.1. The lowest BCUT2D eigenvalue weighted by molar-refractivity contribution is 0.585. The molecule has 0 atom stereocenters. The van der Waals surface area contributed by atoms with E-state index >= 15 is 0 Å². The van der Waals surface area contributed by atoms with E-state index < -0.39 is 5.95 Å². The average Bonchev–Trinajstić information content (AvgIpc) is 2.28. The van der Waals surface area contributed by atoms with Gasteiger partial charge in [0.2, 0.25) is 5.95 Å². The van der Waals surface area contributed by atoms with Crippen LogP contribution >= 0.6 is 0 Å². The smallest absolute Gasteiger partial charge is 0.214 e. The van der Waals surface area contributed by atoms with E-state index in [2.05, 4.69) is 10.3 Å². The number of rotatable bonds is 3. The van der Waals surface area contributed by atoms with Gasteiger partial charge in [-0.25, -0.2) is 9.37 Å². The first kappa shape index (κ1) is 10.5. The van der Waals surface area contributed by atoms with Gasteiger partial charge in [-0.2, -0.15) is 4.39 Å². The quantitative estimate of drug-likeness (QED) is 0.804. The Hall–Kier alpha value is -1.97. The summed E-state index contributed by atoms with van der Waals surface area (Å²) < 4.78 is 25.4. The van der Waals surface area contributed by atoms with Crippen molar-refractivity contribution in [2.24, 2.45) is 0 Å². The molecule has 0 spiro atoms. The number of hydrogen-bond acceptors (Lipinski definition) is 2. The van der Waals surface area contributed by atoms with Gasteiger partial charge >= 0.3 is 0 Å². The summed E-state index contributed by atoms with van der Waals surface area (Å²) in [5.41, 5.74) is 0.910. The molecule has 0 aliphatic heterocycles. The summed E-state index contributed by atoms with van der Waals surface area (Å²) in [5, 5.41) is 2.95. The number of hydrogen-bond donors (Lipinski definition) is 1. The second-order valence-corrected chi connectivity index (χ2v) is 3.33. The third-order valence-corrected chi connectivity index (χ3v) is 2.10. The van der Waals surface area contributed by atoms with Gasteiger partial charge in [0, 0.05) is 6.54 Å². The van der Waals surface area contributed by atoms with Crippen molar-refractivity contribution in [3.05, 3.63) is 59.8 Å². The van der Waals surface area contributed by atoms with Gasteiger partial charge in [-0.15, -0.1) is 0 Å². The molecule has 0 aliphatic carbocycles. The lowest BCUT2D eigenvalue weighted by Crippen LogP contribution is -2.01. The van der Waals surface area contributed by atoms with Crippen LogP contribution in [0.3, 0.4) is 0 Å². The predicted octanol–water partition coefficient (Wildman–Crippen LogP) is 2.97. The van der Waals surface area contributed by atoms with Gasteiger partial charge in [0.05, 0.1) is 0 Å². The largest absolute Gasteiger partial charge is 0.366 e. The van der Waals surface area contributed by atoms with Gasteiger partial charge in [0.1, 0.15) is 11.6 Å². The highest BCUT2D eigenvalue weighted by atomic mass is 19.1. The van der Waals surface area contributed by atoms with Crippen LogP contribution in [-0.4, -0.2) is 4.98 Å². The summed E-state index contributed by atoms with van der Waals surface area (Å²) in [5.74, 6) is -0.332. The Morgan fingerprint density at radius 1 is 1.00 bits per heavy atom. The van der Waals surface area contributed by atoms with Crippen molar-refractivity contribution in [1.82, 2.24) is 4.98 Å². The minimum absolute atomic E-state index is 0.271. The molecule has 1 aromatic carbocycles. The molecule has 0 unspecified atom stereocenters. The van der Waals surface area contributed by atoms with Crippen LogP contribution < -0.4 is 5.32 Å². The molecular weight excluding hydrogens is 210 g/mol. The van der Waals surface area contributed by atoms with Crippen LogP contribution in [-0.2, 0) is 6.54 Å². The zero-order chi connectivity index (χ0) is 11.4. The maximum absolute atomic E-state index is 12.7. The van der Waals surface area contributed by atoms with Gasteiger partial charge < -0.3 is 5.32 Å². The van der Waals surface area contributed by atoms with Crippen LogP contribution in [0.4, 0.5) is 14.6 Å². The molecule has 0 bridgehead atoms. The van der Waals surface area contributed by atoms with Crippen LogP contribution in [0.2, 0.25) is 0 Å². The Labute approximate surface area is 92.0 Å². The SMILES string of the molecule is Fc1ccc(CNc2cccc(F)n2)cc1. The molecule has 1 aromatic heterocycles. The molecule has 16 heavy (non-hydrogen) atoms. The standard InChI is InChI=1S/C12H10F2N2/c13-10-6-4-9(5-7-10)8-15-12-3-1-2-11(14)16-12/h1-7H,8H2,(H,15,16). The molecular formula is C12H10F2N2. The molecule has 0 radical (unpaired) electrons. The van der Waals surface area contributed by atoms with Crippen molar-refractivity contribution in [3.8, 4) is 0 Å². The summed E-state index contributed by atoms with van der Waals surface area (Å²) in [7, 11) is 0. The number of aromatic nitrogens is 1. The molecule has 4 heteroatoms. The van der Waals surface area contributed by atoms with Crippen LogP contribution in [0.25, 0.3) is 0 Å². The van der Waals surface area contributed by atoms with Gasteiger partial charge in [-0.1, -0.05) is 18.2 Å². The van der Waals surface area contributed by atoms with Crippen molar-refractivity contribution in [2.75, 3.05) is 5.32 Å². The molecule has 0 saturated carbocycles. The first-order valence-electron chi connectivity index (χ1n) is 4.85. The van der Waals surface area contributed by atoms with E-state index in [1.165, 1.54) is 18.2 Å². The fraction of sp³-hybridized carbons (Fsp3) is 0.0833. The molecule has 0 aliphatic rings. The Kier molecular flexibility index (Phi) is 3.10. The third kappa shape index (κ3) is 2.76. The number of anilines is 1. The minimum Gasteiger partial charge on any atom is -0.366 e. The average molecular weight is 220 g/mol. The van der Waals surface area contributed by atoms with E-state index in [0.29, 0.717) is 12.4 Å². The van der Waals surface area contributed by atoms with Crippen molar-refractivity contribution >= 4 is 5.82 Å². The van der Waals surface area contributed by atoms with Crippen molar-refractivity contribution in [2.45, 2.75) is 6.54 Å². The van der Waals surface area contributed by atoms with Crippen molar-refractivity contribution in [3.63, 3.8) is 0 Å². The molecule has 82 valence electrons. The number of nitrogens with one attached hydrogen (secondary N) is 1. The maximum atomic E-state index is 12.7. The maximum Gasteiger partial charge on any atom is 0.214 e. The predicted molar refractivity (Wildman–Crippen MR) is 57.9 cm³/mol. The lowest BCUT2D eigenvalue weighted by atomic mass is 10.2. The fourth-order valence-corrected chi connectivity index (χ4v) is 1.30. The fourth-order valence-electron chi connectivity index (χ4n) is 1.30. The summed E-state index contributed by atoms with van der Waals surface area (Å²) in [6.07, 6.45) is 0. The summed E-state index contributed by atoms with van der Waals surface area (Å²) in [4.78, 5) is 3.65. The number of pyridine rings is 1. The molecule has 2 aromatic rings. The Morgan fingerprint density at radius 3 is 2.44 bits per heavy atom. The minimum atomic E-state index is -0.524. The molecule has 2 rings (SSSR count).